The van der Waals surface area contributed by atoms with Crippen LogP contribution in [0.25, 0.3) is 21.9 Å². The maximum absolute atomic E-state index is 13.2. The molecule has 2 aromatic heterocycles. The highest BCUT2D eigenvalue weighted by atomic mass is 32.2. The van der Waals surface area contributed by atoms with Crippen LogP contribution in [-0.4, -0.2) is 13.4 Å². The number of anilines is 1. The van der Waals surface area contributed by atoms with Crippen molar-refractivity contribution in [1.82, 2.24) is 4.98 Å². The molecule has 2 aromatic carbocycles. The van der Waals surface area contributed by atoms with E-state index in [9.17, 15) is 8.42 Å². The molecular weight excluding hydrogens is 408 g/mol. The van der Waals surface area contributed by atoms with Gasteiger partial charge in [-0.25, -0.2) is 8.42 Å². The van der Waals surface area contributed by atoms with E-state index in [-0.39, 0.29) is 10.3 Å². The monoisotopic (exact) mass is 434 g/mol. The Kier molecular flexibility index (Phi) is 4.59. The molecule has 0 radical (unpaired) electrons. The van der Waals surface area contributed by atoms with Crippen molar-refractivity contribution in [2.75, 3.05) is 4.72 Å². The Bertz CT molecular complexity index is 1390. The van der Waals surface area contributed by atoms with E-state index < -0.39 is 10.0 Å². The molecular formula is C25H26N2O3S. The zero-order valence-electron chi connectivity index (χ0n) is 18.0. The zero-order chi connectivity index (χ0) is 21.8. The minimum absolute atomic E-state index is 0.174. The predicted molar refractivity (Wildman–Crippen MR) is 124 cm³/mol. The molecule has 0 amide bonds. The smallest absolute Gasteiger partial charge is 0.264 e. The SMILES string of the molecule is CC(C)(C)[C@@H]1CCc2oc3ccc(NS(=O)(=O)c4cccc5cccnc45)cc3c2C1. The van der Waals surface area contributed by atoms with E-state index in [0.29, 0.717) is 17.1 Å². The molecule has 1 aliphatic rings. The number of para-hydroxylation sites is 1. The second-order valence-electron chi connectivity index (χ2n) is 9.46. The third kappa shape index (κ3) is 3.59. The largest absolute Gasteiger partial charge is 0.461 e. The summed E-state index contributed by atoms with van der Waals surface area (Å²) in [5.41, 5.74) is 3.25. The van der Waals surface area contributed by atoms with Gasteiger partial charge in [-0.15, -0.1) is 0 Å². The summed E-state index contributed by atoms with van der Waals surface area (Å²) in [6.07, 6.45) is 4.60. The molecule has 0 spiro atoms. The summed E-state index contributed by atoms with van der Waals surface area (Å²) in [4.78, 5) is 4.46. The Morgan fingerprint density at radius 2 is 1.90 bits per heavy atom. The van der Waals surface area contributed by atoms with E-state index in [1.807, 2.05) is 24.3 Å². The van der Waals surface area contributed by atoms with Crippen LogP contribution in [-0.2, 0) is 22.9 Å². The van der Waals surface area contributed by atoms with Crippen molar-refractivity contribution in [3.63, 3.8) is 0 Å². The maximum atomic E-state index is 13.2. The normalized spacial score (nSPS) is 17.1. The molecule has 0 saturated carbocycles. The van der Waals surface area contributed by atoms with E-state index in [1.165, 1.54) is 5.56 Å². The maximum Gasteiger partial charge on any atom is 0.264 e. The average Bonchev–Trinajstić information content (AvgIpc) is 3.09. The number of benzene rings is 2. The molecule has 4 aromatic rings. The van der Waals surface area contributed by atoms with Crippen molar-refractivity contribution in [3.8, 4) is 0 Å². The number of aryl methyl sites for hydroxylation is 1. The first kappa shape index (κ1) is 20.1. The first-order valence-corrected chi connectivity index (χ1v) is 12.1. The van der Waals surface area contributed by atoms with Crippen LogP contribution in [0.15, 0.2) is 64.0 Å². The highest BCUT2D eigenvalue weighted by Crippen LogP contribution is 2.41. The quantitative estimate of drug-likeness (QED) is 0.434. The topological polar surface area (TPSA) is 72.2 Å². The lowest BCUT2D eigenvalue weighted by Gasteiger charge is -2.33. The number of pyridine rings is 1. The lowest BCUT2D eigenvalue weighted by atomic mass is 9.71. The number of aromatic nitrogens is 1. The van der Waals surface area contributed by atoms with Crippen LogP contribution in [0.3, 0.4) is 0 Å². The lowest BCUT2D eigenvalue weighted by Crippen LogP contribution is -2.26. The molecule has 31 heavy (non-hydrogen) atoms. The number of nitrogens with one attached hydrogen (secondary N) is 1. The predicted octanol–water partition coefficient (Wildman–Crippen LogP) is 5.93. The van der Waals surface area contributed by atoms with Gasteiger partial charge in [-0.1, -0.05) is 39.0 Å². The fourth-order valence-electron chi connectivity index (χ4n) is 4.58. The molecule has 160 valence electrons. The van der Waals surface area contributed by atoms with Gasteiger partial charge in [0.05, 0.1) is 5.52 Å². The van der Waals surface area contributed by atoms with Gasteiger partial charge in [0, 0.05) is 34.6 Å². The van der Waals surface area contributed by atoms with Gasteiger partial charge in [-0.2, -0.15) is 0 Å². The van der Waals surface area contributed by atoms with Gasteiger partial charge in [0.25, 0.3) is 10.0 Å². The Balaban J connectivity index is 1.53. The van der Waals surface area contributed by atoms with Crippen molar-refractivity contribution >= 4 is 37.6 Å². The number of fused-ring (bicyclic) bond motifs is 4. The zero-order valence-corrected chi connectivity index (χ0v) is 18.8. The van der Waals surface area contributed by atoms with E-state index in [4.69, 9.17) is 4.42 Å². The van der Waals surface area contributed by atoms with Gasteiger partial charge in [0.2, 0.25) is 0 Å². The summed E-state index contributed by atoms with van der Waals surface area (Å²) in [6.45, 7) is 6.84. The summed E-state index contributed by atoms with van der Waals surface area (Å²) in [6, 6.07) is 14.4. The van der Waals surface area contributed by atoms with E-state index in [2.05, 4.69) is 30.5 Å². The third-order valence-electron chi connectivity index (χ3n) is 6.41. The molecule has 1 aliphatic carbocycles. The fourth-order valence-corrected chi connectivity index (χ4v) is 5.81. The van der Waals surface area contributed by atoms with E-state index in [1.54, 1.807) is 30.5 Å². The van der Waals surface area contributed by atoms with Crippen LogP contribution in [0.5, 0.6) is 0 Å². The van der Waals surface area contributed by atoms with Gasteiger partial charge in [0.1, 0.15) is 16.2 Å². The Morgan fingerprint density at radius 3 is 2.71 bits per heavy atom. The second kappa shape index (κ2) is 7.09. The standard InChI is InChI=1S/C25H26N2O3S/c1-25(2,3)17-9-11-21-19(14-17)20-15-18(10-12-22(20)30-21)27-31(28,29)23-8-4-6-16-7-5-13-26-24(16)23/h4-8,10,12-13,15,17,27H,9,11,14H2,1-3H3/t17-/m1/s1. The van der Waals surface area contributed by atoms with Gasteiger partial charge < -0.3 is 4.42 Å². The number of hydrogen-bond acceptors (Lipinski definition) is 4. The van der Waals surface area contributed by atoms with Gasteiger partial charge in [-0.05, 0) is 54.5 Å². The molecule has 0 aliphatic heterocycles. The molecule has 1 N–H and O–H groups in total. The lowest BCUT2D eigenvalue weighted by molar-refractivity contribution is 0.210. The number of nitrogens with zero attached hydrogens (tertiary/aromatic N) is 1. The van der Waals surface area contributed by atoms with E-state index >= 15 is 0 Å². The first-order valence-electron chi connectivity index (χ1n) is 10.6. The highest BCUT2D eigenvalue weighted by molar-refractivity contribution is 7.93. The van der Waals surface area contributed by atoms with Crippen molar-refractivity contribution < 1.29 is 12.8 Å². The van der Waals surface area contributed by atoms with Crippen LogP contribution in [0, 0.1) is 11.3 Å². The first-order chi connectivity index (χ1) is 14.7. The molecule has 1 atom stereocenters. The molecule has 2 heterocycles. The minimum atomic E-state index is -3.79. The van der Waals surface area contributed by atoms with Gasteiger partial charge in [0.15, 0.2) is 0 Å². The average molecular weight is 435 g/mol. The fraction of sp³-hybridized carbons (Fsp3) is 0.320. The number of hydrogen-bond donors (Lipinski definition) is 1. The molecule has 5 rings (SSSR count). The van der Waals surface area contributed by atoms with Gasteiger partial charge in [-0.3, -0.25) is 9.71 Å². The van der Waals surface area contributed by atoms with Crippen molar-refractivity contribution in [2.24, 2.45) is 11.3 Å². The highest BCUT2D eigenvalue weighted by Gasteiger charge is 2.31. The van der Waals surface area contributed by atoms with Gasteiger partial charge >= 0.3 is 0 Å². The summed E-state index contributed by atoms with van der Waals surface area (Å²) >= 11 is 0. The molecule has 5 nitrogen and oxygen atoms in total. The van der Waals surface area contributed by atoms with Crippen LogP contribution >= 0.6 is 0 Å². The molecule has 6 heteroatoms. The number of sulfonamides is 1. The van der Waals surface area contributed by atoms with Crippen LogP contribution in [0.4, 0.5) is 5.69 Å². The van der Waals surface area contributed by atoms with Crippen molar-refractivity contribution in [3.05, 3.63) is 66.1 Å². The molecule has 0 saturated heterocycles. The Morgan fingerprint density at radius 1 is 1.10 bits per heavy atom. The summed E-state index contributed by atoms with van der Waals surface area (Å²) in [7, 11) is -3.79. The Hall–Kier alpha value is -2.86. The number of rotatable bonds is 3. The van der Waals surface area contributed by atoms with Crippen molar-refractivity contribution in [2.45, 2.75) is 44.9 Å². The second-order valence-corrected chi connectivity index (χ2v) is 11.1. The summed E-state index contributed by atoms with van der Waals surface area (Å²) in [5, 5.41) is 1.79. The van der Waals surface area contributed by atoms with Crippen LogP contribution < -0.4 is 4.72 Å². The third-order valence-corrected chi connectivity index (χ3v) is 7.82. The molecule has 0 fully saturated rings. The molecule has 0 unspecified atom stereocenters. The number of furan rings is 1. The van der Waals surface area contributed by atoms with E-state index in [0.717, 1.165) is 41.4 Å². The summed E-state index contributed by atoms with van der Waals surface area (Å²) < 4.78 is 35.2. The van der Waals surface area contributed by atoms with Crippen LogP contribution in [0.1, 0.15) is 38.5 Å². The molecule has 0 bridgehead atoms. The summed E-state index contributed by atoms with van der Waals surface area (Å²) in [5.74, 6) is 1.61. The minimum Gasteiger partial charge on any atom is -0.461 e. The Labute approximate surface area is 182 Å². The van der Waals surface area contributed by atoms with Crippen molar-refractivity contribution in [1.29, 1.82) is 0 Å². The van der Waals surface area contributed by atoms with Crippen LogP contribution in [0.2, 0.25) is 0 Å².